The van der Waals surface area contributed by atoms with Crippen molar-refractivity contribution >= 4 is 96.6 Å². The number of carbonyl (C=O) groups excluding carboxylic acids is 1. The fraction of sp³-hybridized carbons (Fsp3) is 0.404. The molecule has 27 rings (SSSR count). The lowest BCUT2D eigenvalue weighted by Gasteiger charge is -2.46. The number of hydrogen-bond donors (Lipinski definition) is 9. The van der Waals surface area contributed by atoms with Crippen molar-refractivity contribution in [3.63, 3.8) is 0 Å². The molecule has 12 saturated carbocycles. The molecular weight excluding hydrogens is 1880 g/mol. The number of amides is 1. The maximum absolute atomic E-state index is 16.1. The standard InChI is InChI=1S/C26H23F2N5O3S.C26H25F2N5O3.C26H24F2N4O2S.C26H26F2N4O2/c27-13-7-15-16(10-31-24(15)30-9-13)25-32-17(8-14-11-1-3-12(4-2-11)20(14)26(35)36)21(28)22(33-25)18-5-6-19(37-18)23(29)34;1-11-20(12(2)36-33-11)23-22(28)19(8-16-13-3-5-14(6-4-13)21(16)26(34)35)31-25(32-23)18-10-30-24-17(18)7-15(27)9-29-24;1-12-2-7-20(35-12)23-22(28)19(9-16-13-3-5-14(6-4-13)21(16)26(33)34)31-25(32-23)18-11-30-24-17(18)8-15(27)10-29-24;1-13(2)3-8-20-23(28)21(10-17-14-4-6-15(7-5-14)22(17)26(33)34)32-25(31-20)19-12-30-24-18(19)9-16(27)11-29-24/h5-7,9-12,14,20H,1-4,8H2,(H2,29,34)(H,30,31)(H,35,36);7,9-10,13-14,16,21H,3-6,8H2,1-2H3,(H,29,30)(H,34,35);2,7-8,10-11,13-14,16,21H,3-6,9H2,1H3,(H,29,30)(H,33,34);9,11-15,17,22H,4-7,10H2,1-2H3,(H,29,30)(H,33,34). The molecule has 0 aliphatic heterocycles. The number of aromatic amines is 4. The Labute approximate surface area is 814 Å². The summed E-state index contributed by atoms with van der Waals surface area (Å²) in [5.41, 5.74) is 10.9. The number of H-pyrrole nitrogens is 4. The monoisotopic (exact) mass is 1970 g/mol. The molecule has 8 atom stereocenters. The second-order valence-corrected chi connectivity index (χ2v) is 41.7. The van der Waals surface area contributed by atoms with E-state index in [-0.39, 0.29) is 176 Å². The van der Waals surface area contributed by atoms with Crippen LogP contribution in [0.2, 0.25) is 0 Å². The van der Waals surface area contributed by atoms with Crippen molar-refractivity contribution in [1.82, 2.24) is 84.9 Å². The number of aromatic nitrogens is 17. The Hall–Kier alpha value is -14.0. The molecule has 0 radical (unpaired) electrons. The number of thiophene rings is 2. The number of nitrogens with two attached hydrogens (primary N) is 1. The first-order valence-electron chi connectivity index (χ1n) is 47.9. The van der Waals surface area contributed by atoms with Gasteiger partial charge in [-0.05, 0) is 275 Å². The van der Waals surface area contributed by atoms with Crippen molar-refractivity contribution in [2.75, 3.05) is 0 Å². The highest BCUT2D eigenvalue weighted by Crippen LogP contribution is 2.56. The summed E-state index contributed by atoms with van der Waals surface area (Å²) in [6.45, 7) is 9.13. The van der Waals surface area contributed by atoms with Crippen LogP contribution >= 0.6 is 22.7 Å². The van der Waals surface area contributed by atoms with Crippen molar-refractivity contribution in [3.8, 4) is 89.8 Å². The van der Waals surface area contributed by atoms with Gasteiger partial charge in [-0.25, -0.2) is 94.9 Å². The molecule has 38 heteroatoms. The first kappa shape index (κ1) is 95.6. The highest BCUT2D eigenvalue weighted by atomic mass is 32.1. The minimum Gasteiger partial charge on any atom is -0.481 e. The van der Waals surface area contributed by atoms with Crippen molar-refractivity contribution < 1.29 is 84.0 Å². The number of rotatable bonds is 20. The van der Waals surface area contributed by atoms with Crippen molar-refractivity contribution in [3.05, 3.63) is 194 Å². The summed E-state index contributed by atoms with van der Waals surface area (Å²) in [7, 11) is 0. The van der Waals surface area contributed by atoms with E-state index in [1.165, 1.54) is 41.7 Å². The highest BCUT2D eigenvalue weighted by molar-refractivity contribution is 7.17. The van der Waals surface area contributed by atoms with Gasteiger partial charge in [0.25, 0.3) is 5.91 Å². The van der Waals surface area contributed by atoms with E-state index in [1.807, 2.05) is 32.9 Å². The van der Waals surface area contributed by atoms with Gasteiger partial charge in [-0.3, -0.25) is 24.0 Å². The Balaban J connectivity index is 0.000000116. The molecule has 1 amide bonds. The van der Waals surface area contributed by atoms with Gasteiger partial charge in [0.15, 0.2) is 52.3 Å². The van der Waals surface area contributed by atoms with Gasteiger partial charge in [-0.1, -0.05) is 24.9 Å². The van der Waals surface area contributed by atoms with Gasteiger partial charge in [-0.15, -0.1) is 22.7 Å². The molecule has 732 valence electrons. The van der Waals surface area contributed by atoms with Gasteiger partial charge in [0.2, 0.25) is 0 Å². The van der Waals surface area contributed by atoms with Crippen molar-refractivity contribution in [2.24, 2.45) is 106 Å². The number of hydrogen-bond acceptors (Lipinski definition) is 21. The van der Waals surface area contributed by atoms with Gasteiger partial charge in [-0.2, -0.15) is 0 Å². The smallest absolute Gasteiger partial charge is 0.307 e. The molecule has 0 saturated heterocycles. The molecule has 142 heavy (non-hydrogen) atoms. The Morgan fingerprint density at radius 2 is 0.711 bits per heavy atom. The number of carboxylic acids is 4. The van der Waals surface area contributed by atoms with Gasteiger partial charge in [0.05, 0.1) is 97.1 Å². The highest BCUT2D eigenvalue weighted by Gasteiger charge is 2.52. The quantitative estimate of drug-likeness (QED) is 0.0253. The summed E-state index contributed by atoms with van der Waals surface area (Å²) >= 11 is 2.45. The van der Waals surface area contributed by atoms with Crippen LogP contribution in [0, 0.1) is 180 Å². The van der Waals surface area contributed by atoms with Crippen molar-refractivity contribution in [2.45, 2.75) is 163 Å². The van der Waals surface area contributed by atoms with Crippen LogP contribution in [0.5, 0.6) is 0 Å². The SMILES string of the molecule is CC(C)C#Cc1nc(-c2c[nH]c3ncc(F)cc23)nc(CC2C3CCC(CC3)C2C(=O)O)c1F.Cc1ccc(-c2nc(-c3c[nH]c4ncc(F)cc34)nc(CC3C4CCC(CC4)C3C(=O)O)c2F)s1.Cc1noc(C)c1-c1nc(-c2c[nH]c3ncc(F)cc23)nc(CC2C3CCC(CC3)C2C(=O)O)c1F.NC(=O)c1ccc(-c2nc(-c3c[nH]c4ncc(F)cc34)nc(CC3C4CCC(CC4)C3C(=O)O)c2F)s1. The van der Waals surface area contributed by atoms with Crippen LogP contribution in [-0.4, -0.2) is 135 Å². The lowest BCUT2D eigenvalue weighted by Crippen LogP contribution is -2.45. The van der Waals surface area contributed by atoms with Crippen LogP contribution in [0.3, 0.4) is 0 Å². The number of primary amides is 1. The zero-order valence-electron chi connectivity index (χ0n) is 77.7. The largest absolute Gasteiger partial charge is 0.481 e. The summed E-state index contributed by atoms with van der Waals surface area (Å²) in [5, 5.41) is 45.8. The molecule has 15 aromatic rings. The van der Waals surface area contributed by atoms with Crippen LogP contribution in [0.25, 0.3) is 122 Å². The van der Waals surface area contributed by atoms with E-state index in [0.717, 1.165) is 144 Å². The molecule has 12 aliphatic rings. The molecule has 15 heterocycles. The normalized spacial score (nSPS) is 23.5. The second kappa shape index (κ2) is 39.2. The summed E-state index contributed by atoms with van der Waals surface area (Å²) < 4.78 is 125. The number of nitrogens with one attached hydrogen (secondary N) is 4. The number of aliphatic carboxylic acids is 4. The number of fused-ring (bicyclic) bond motifs is 16. The Kier molecular flexibility index (Phi) is 26.4. The third kappa shape index (κ3) is 18.5. The van der Waals surface area contributed by atoms with Crippen LogP contribution in [0.15, 0.2) is 103 Å². The van der Waals surface area contributed by atoms with E-state index in [4.69, 9.17) is 10.3 Å². The maximum atomic E-state index is 16.1. The third-order valence-corrected chi connectivity index (χ3v) is 33.0. The lowest BCUT2D eigenvalue weighted by atomic mass is 9.57. The molecule has 0 aromatic carbocycles. The zero-order valence-corrected chi connectivity index (χ0v) is 79.3. The average Bonchev–Trinajstić information content (AvgIpc) is 1.25. The predicted molar refractivity (Wildman–Crippen MR) is 510 cm³/mol. The van der Waals surface area contributed by atoms with Gasteiger partial charge >= 0.3 is 23.9 Å². The summed E-state index contributed by atoms with van der Waals surface area (Å²) in [6.07, 6.45) is 26.5. The van der Waals surface area contributed by atoms with Gasteiger partial charge < -0.3 is 50.6 Å². The Morgan fingerprint density at radius 1 is 0.408 bits per heavy atom. The van der Waals surface area contributed by atoms with Gasteiger partial charge in [0, 0.05) is 79.4 Å². The van der Waals surface area contributed by atoms with Crippen molar-refractivity contribution in [1.29, 1.82) is 0 Å². The predicted octanol–water partition coefficient (Wildman–Crippen LogP) is 21.1. The lowest BCUT2D eigenvalue weighted by molar-refractivity contribution is -0.153. The number of pyridine rings is 4. The first-order valence-corrected chi connectivity index (χ1v) is 49.6. The summed E-state index contributed by atoms with van der Waals surface area (Å²) in [4.78, 5) is 127. The molecule has 8 unspecified atom stereocenters. The molecule has 0 spiro atoms. The van der Waals surface area contributed by atoms with Crippen LogP contribution < -0.4 is 5.73 Å². The van der Waals surface area contributed by atoms with Crippen LogP contribution in [0.1, 0.15) is 171 Å². The number of carbonyl (C=O) groups is 5. The van der Waals surface area contributed by atoms with Crippen LogP contribution in [-0.2, 0) is 44.9 Å². The molecule has 28 nitrogen and oxygen atoms in total. The molecule has 10 N–H and O–H groups in total. The summed E-state index contributed by atoms with van der Waals surface area (Å²) in [5.74, 6) is -2.85. The molecular formula is C104H98F8N18O10S2. The fourth-order valence-corrected chi connectivity index (χ4v) is 26.0. The van der Waals surface area contributed by atoms with E-state index >= 15 is 17.6 Å². The van der Waals surface area contributed by atoms with E-state index in [2.05, 4.69) is 96.7 Å². The van der Waals surface area contributed by atoms with E-state index < -0.39 is 100.0 Å². The van der Waals surface area contributed by atoms with E-state index in [9.17, 15) is 62.0 Å². The van der Waals surface area contributed by atoms with Crippen LogP contribution in [0.4, 0.5) is 35.1 Å². The third-order valence-electron chi connectivity index (χ3n) is 30.9. The molecule has 12 fully saturated rings. The molecule has 12 aliphatic carbocycles. The maximum Gasteiger partial charge on any atom is 0.307 e. The Bertz CT molecular complexity index is 7520. The minimum absolute atomic E-state index is 0.0101. The number of nitrogens with zero attached hydrogens (tertiary/aromatic N) is 13. The number of halogens is 8. The van der Waals surface area contributed by atoms with Gasteiger partial charge in [0.1, 0.15) is 68.7 Å². The van der Waals surface area contributed by atoms with E-state index in [1.54, 1.807) is 44.7 Å². The molecule has 8 bridgehead atoms. The second-order valence-electron chi connectivity index (χ2n) is 39.3. The first-order chi connectivity index (χ1) is 68.3. The molecule has 15 aromatic heterocycles. The number of aryl methyl sites for hydroxylation is 3. The Morgan fingerprint density at radius 3 is 1.01 bits per heavy atom. The zero-order chi connectivity index (χ0) is 99.2. The average molecular weight is 1980 g/mol. The number of carboxylic acid groups (broad SMARTS) is 4. The minimum atomic E-state index is -0.850. The fourth-order valence-electron chi connectivity index (χ4n) is 24.3. The topological polar surface area (TPSA) is 436 Å². The summed E-state index contributed by atoms with van der Waals surface area (Å²) in [6, 6.07) is 12.1. The van der Waals surface area contributed by atoms with E-state index in [0.29, 0.717) is 93.2 Å².